The third kappa shape index (κ3) is 3.09. The van der Waals surface area contributed by atoms with Crippen molar-refractivity contribution in [1.29, 1.82) is 0 Å². The van der Waals surface area contributed by atoms with E-state index in [-0.39, 0.29) is 0 Å². The highest BCUT2D eigenvalue weighted by molar-refractivity contribution is 5.73. The van der Waals surface area contributed by atoms with Gasteiger partial charge in [-0.15, -0.1) is 0 Å². The number of carboxylic acids is 1. The van der Waals surface area contributed by atoms with E-state index in [4.69, 9.17) is 5.11 Å². The van der Waals surface area contributed by atoms with E-state index < -0.39 is 55.2 Å². The second-order valence-corrected chi connectivity index (χ2v) is 4.45. The molecular formula is C9H8F9NO3. The fourth-order valence-corrected chi connectivity index (χ4v) is 1.91. The molecule has 1 rings (SSSR count). The van der Waals surface area contributed by atoms with Crippen LogP contribution in [0.15, 0.2) is 0 Å². The summed E-state index contributed by atoms with van der Waals surface area (Å²) in [6.45, 7) is -0.902. The smallest absolute Gasteiger partial charge is 0.435 e. The van der Waals surface area contributed by atoms with Gasteiger partial charge in [-0.3, -0.25) is 4.79 Å². The number of carbonyl (C=O) groups is 1. The Balaban J connectivity index is 3.21. The molecule has 0 radical (unpaired) electrons. The molecule has 0 aromatic rings. The lowest BCUT2D eigenvalue weighted by Crippen LogP contribution is -2.68. The molecule has 0 aliphatic carbocycles. The number of ether oxygens (including phenoxy) is 1. The summed E-state index contributed by atoms with van der Waals surface area (Å²) in [5.74, 6) is -1.64. The molecule has 0 bridgehead atoms. The molecule has 0 aromatic heterocycles. The van der Waals surface area contributed by atoms with Crippen LogP contribution in [0.3, 0.4) is 0 Å². The maximum Gasteiger partial charge on any atom is 0.435 e. The molecule has 0 aromatic carbocycles. The Morgan fingerprint density at radius 1 is 0.955 bits per heavy atom. The Hall–Kier alpha value is -1.24. The Bertz CT molecular complexity index is 391. The quantitative estimate of drug-likeness (QED) is 0.768. The first-order valence-electron chi connectivity index (χ1n) is 5.47. The van der Waals surface area contributed by atoms with Crippen molar-refractivity contribution in [3.05, 3.63) is 0 Å². The summed E-state index contributed by atoms with van der Waals surface area (Å²) in [5, 5.41) is 10.5. The van der Waals surface area contributed by atoms with Crippen molar-refractivity contribution >= 4 is 5.97 Å². The molecule has 0 amide bonds. The van der Waals surface area contributed by atoms with Crippen molar-refractivity contribution in [2.45, 2.75) is 42.7 Å². The van der Waals surface area contributed by atoms with Crippen LogP contribution in [0.5, 0.6) is 0 Å². The molecule has 2 N–H and O–H groups in total. The molecule has 1 fully saturated rings. The van der Waals surface area contributed by atoms with Crippen molar-refractivity contribution in [2.24, 2.45) is 0 Å². The summed E-state index contributed by atoms with van der Waals surface area (Å²) in [6.07, 6.45) is -23.7. The topological polar surface area (TPSA) is 58.6 Å². The first-order valence-corrected chi connectivity index (χ1v) is 5.47. The van der Waals surface area contributed by atoms with Crippen molar-refractivity contribution in [3.63, 3.8) is 0 Å². The minimum atomic E-state index is -6.83. The third-order valence-corrected chi connectivity index (χ3v) is 2.93. The SMILES string of the molecule is O=C(O)[C@@H]1C[C@@H](OC(C(F)(F)F)(C(F)(F)F)C(F)(F)F)CN1. The van der Waals surface area contributed by atoms with E-state index in [2.05, 4.69) is 4.74 Å². The van der Waals surface area contributed by atoms with E-state index in [1.165, 1.54) is 0 Å². The fourth-order valence-electron chi connectivity index (χ4n) is 1.91. The second-order valence-electron chi connectivity index (χ2n) is 4.45. The van der Waals surface area contributed by atoms with Gasteiger partial charge in [-0.2, -0.15) is 39.5 Å². The zero-order chi connectivity index (χ0) is 17.6. The summed E-state index contributed by atoms with van der Waals surface area (Å²) in [5.41, 5.74) is -6.38. The molecule has 130 valence electrons. The van der Waals surface area contributed by atoms with Crippen LogP contribution in [-0.4, -0.2) is 53.9 Å². The van der Waals surface area contributed by atoms with Crippen molar-refractivity contribution < 1.29 is 54.2 Å². The number of hydrogen-bond acceptors (Lipinski definition) is 3. The molecule has 1 saturated heterocycles. The van der Waals surface area contributed by atoms with Crippen LogP contribution >= 0.6 is 0 Å². The van der Waals surface area contributed by atoms with Crippen LogP contribution in [0.1, 0.15) is 6.42 Å². The summed E-state index contributed by atoms with van der Waals surface area (Å²) >= 11 is 0. The van der Waals surface area contributed by atoms with E-state index in [9.17, 15) is 44.3 Å². The van der Waals surface area contributed by atoms with Gasteiger partial charge in [0.15, 0.2) is 0 Å². The maximum absolute atomic E-state index is 12.6. The normalized spacial score (nSPS) is 24.6. The van der Waals surface area contributed by atoms with E-state index in [1.54, 1.807) is 0 Å². The van der Waals surface area contributed by atoms with Crippen LogP contribution < -0.4 is 5.32 Å². The van der Waals surface area contributed by atoms with Gasteiger partial charge < -0.3 is 15.2 Å². The number of alkyl halides is 9. The first-order chi connectivity index (χ1) is 9.63. The van der Waals surface area contributed by atoms with Gasteiger partial charge >= 0.3 is 30.1 Å². The van der Waals surface area contributed by atoms with E-state index in [0.717, 1.165) is 0 Å². The Morgan fingerprint density at radius 3 is 1.64 bits per heavy atom. The van der Waals surface area contributed by atoms with Crippen LogP contribution in [0.4, 0.5) is 39.5 Å². The molecule has 0 saturated carbocycles. The van der Waals surface area contributed by atoms with Crippen molar-refractivity contribution in [2.75, 3.05) is 6.54 Å². The minimum absolute atomic E-state index is 0.902. The average Bonchev–Trinajstić information content (AvgIpc) is 2.68. The van der Waals surface area contributed by atoms with E-state index in [1.807, 2.05) is 5.32 Å². The minimum Gasteiger partial charge on any atom is -0.480 e. The highest BCUT2D eigenvalue weighted by atomic mass is 19.4. The molecule has 1 aliphatic heterocycles. The zero-order valence-corrected chi connectivity index (χ0v) is 10.2. The molecule has 2 atom stereocenters. The molecular weight excluding hydrogens is 341 g/mol. The Kier molecular flexibility index (Phi) is 4.65. The lowest BCUT2D eigenvalue weighted by molar-refractivity contribution is -0.463. The summed E-state index contributed by atoms with van der Waals surface area (Å²) in [7, 11) is 0. The van der Waals surface area contributed by atoms with Crippen molar-refractivity contribution in [3.8, 4) is 0 Å². The van der Waals surface area contributed by atoms with E-state index in [0.29, 0.717) is 0 Å². The predicted octanol–water partition coefficient (Wildman–Crippen LogP) is 2.24. The highest BCUT2D eigenvalue weighted by Gasteiger charge is 2.86. The van der Waals surface area contributed by atoms with Crippen molar-refractivity contribution in [1.82, 2.24) is 5.32 Å². The number of carboxylic acid groups (broad SMARTS) is 1. The molecule has 22 heavy (non-hydrogen) atoms. The van der Waals surface area contributed by atoms with Gasteiger partial charge in [0.25, 0.3) is 0 Å². The average molecular weight is 349 g/mol. The van der Waals surface area contributed by atoms with Crippen LogP contribution in [0.2, 0.25) is 0 Å². The molecule has 4 nitrogen and oxygen atoms in total. The summed E-state index contributed by atoms with van der Waals surface area (Å²) < 4.78 is 117. The van der Waals surface area contributed by atoms with Gasteiger partial charge in [-0.1, -0.05) is 0 Å². The summed E-state index contributed by atoms with van der Waals surface area (Å²) in [6, 6.07) is -1.60. The Morgan fingerprint density at radius 2 is 1.36 bits per heavy atom. The number of rotatable bonds is 3. The largest absolute Gasteiger partial charge is 0.480 e. The molecule has 0 unspecified atom stereocenters. The lowest BCUT2D eigenvalue weighted by Gasteiger charge is -2.39. The van der Waals surface area contributed by atoms with Gasteiger partial charge in [0.2, 0.25) is 0 Å². The van der Waals surface area contributed by atoms with Gasteiger partial charge in [0.05, 0.1) is 6.10 Å². The third-order valence-electron chi connectivity index (χ3n) is 2.93. The van der Waals surface area contributed by atoms with Gasteiger partial charge in [-0.25, -0.2) is 0 Å². The predicted molar refractivity (Wildman–Crippen MR) is 49.8 cm³/mol. The highest BCUT2D eigenvalue weighted by Crippen LogP contribution is 2.55. The van der Waals surface area contributed by atoms with Crippen LogP contribution in [0, 0.1) is 0 Å². The number of nitrogens with one attached hydrogen (secondary N) is 1. The molecule has 1 aliphatic rings. The second kappa shape index (κ2) is 5.44. The van der Waals surface area contributed by atoms with Crippen LogP contribution in [0.25, 0.3) is 0 Å². The number of hydrogen-bond donors (Lipinski definition) is 2. The molecule has 13 heteroatoms. The number of halogens is 9. The molecule has 0 spiro atoms. The Labute approximate surface area is 116 Å². The van der Waals surface area contributed by atoms with Gasteiger partial charge in [0, 0.05) is 13.0 Å². The fraction of sp³-hybridized carbons (Fsp3) is 0.889. The number of aliphatic carboxylic acids is 1. The first kappa shape index (κ1) is 18.8. The lowest BCUT2D eigenvalue weighted by atomic mass is 10.0. The standard InChI is InChI=1S/C9H8F9NO3/c10-7(11,12)6(8(13,14)15,9(16,17)18)22-3-1-4(5(20)21)19-2-3/h3-4,19H,1-2H2,(H,20,21)/t3-,4+/m1/s1. The van der Waals surface area contributed by atoms with Crippen LogP contribution in [-0.2, 0) is 9.53 Å². The maximum atomic E-state index is 12.6. The zero-order valence-electron chi connectivity index (χ0n) is 10.2. The van der Waals surface area contributed by atoms with Gasteiger partial charge in [0.1, 0.15) is 6.04 Å². The van der Waals surface area contributed by atoms with Gasteiger partial charge in [-0.05, 0) is 0 Å². The monoisotopic (exact) mass is 349 g/mol. The molecule has 1 heterocycles. The van der Waals surface area contributed by atoms with E-state index >= 15 is 0 Å². The summed E-state index contributed by atoms with van der Waals surface area (Å²) in [4.78, 5) is 10.5.